The average Bonchev–Trinajstić information content (AvgIpc) is 3.05. The maximum Gasteiger partial charge on any atom is 0.261 e. The predicted molar refractivity (Wildman–Crippen MR) is 135 cm³/mol. The van der Waals surface area contributed by atoms with E-state index in [2.05, 4.69) is 5.32 Å². The lowest BCUT2D eigenvalue weighted by Crippen LogP contribution is -2.50. The number of fused-ring (bicyclic) bond motifs is 1. The Morgan fingerprint density at radius 3 is 2.17 bits per heavy atom. The molecule has 0 radical (unpaired) electrons. The molecule has 0 fully saturated rings. The Labute approximate surface area is 215 Å². The fourth-order valence-corrected chi connectivity index (χ4v) is 4.43. The van der Waals surface area contributed by atoms with Gasteiger partial charge >= 0.3 is 0 Å². The number of hydrogen-bond acceptors (Lipinski definition) is 4. The van der Waals surface area contributed by atoms with Gasteiger partial charge in [-0.25, -0.2) is 0 Å². The van der Waals surface area contributed by atoms with Crippen LogP contribution in [0.5, 0.6) is 0 Å². The molecule has 1 aliphatic heterocycles. The van der Waals surface area contributed by atoms with Gasteiger partial charge in [-0.05, 0) is 56.5 Å². The number of amides is 4. The Morgan fingerprint density at radius 2 is 1.63 bits per heavy atom. The Hall–Kier alpha value is -2.90. The van der Waals surface area contributed by atoms with Gasteiger partial charge in [0.25, 0.3) is 11.8 Å². The average molecular weight is 518 g/mol. The van der Waals surface area contributed by atoms with Crippen molar-refractivity contribution < 1.29 is 19.2 Å². The van der Waals surface area contributed by atoms with Crippen molar-refractivity contribution in [2.24, 2.45) is 0 Å². The van der Waals surface area contributed by atoms with Gasteiger partial charge in [-0.15, -0.1) is 0 Å². The first-order valence-electron chi connectivity index (χ1n) is 11.6. The molecular weight excluding hydrogens is 489 g/mol. The molecular formula is C26H29Cl2N3O4. The maximum atomic E-state index is 13.3. The second-order valence-corrected chi connectivity index (χ2v) is 9.58. The highest BCUT2D eigenvalue weighted by Gasteiger charge is 2.35. The van der Waals surface area contributed by atoms with E-state index in [4.69, 9.17) is 23.2 Å². The fourth-order valence-electron chi connectivity index (χ4n) is 4.11. The summed E-state index contributed by atoms with van der Waals surface area (Å²) in [5.41, 5.74) is 1.49. The van der Waals surface area contributed by atoms with Crippen LogP contribution in [0.1, 0.15) is 66.3 Å². The summed E-state index contributed by atoms with van der Waals surface area (Å²) in [6.07, 6.45) is 0.772. The normalized spacial score (nSPS) is 13.7. The number of rotatable bonds is 10. The Bertz CT molecular complexity index is 1100. The van der Waals surface area contributed by atoms with Crippen molar-refractivity contribution in [3.05, 3.63) is 69.2 Å². The minimum absolute atomic E-state index is 0.0696. The third-order valence-corrected chi connectivity index (χ3v) is 6.54. The van der Waals surface area contributed by atoms with E-state index in [-0.39, 0.29) is 55.6 Å². The highest BCUT2D eigenvalue weighted by Crippen LogP contribution is 2.25. The Morgan fingerprint density at radius 1 is 1.00 bits per heavy atom. The topological polar surface area (TPSA) is 86.8 Å². The highest BCUT2D eigenvalue weighted by atomic mass is 35.5. The third-order valence-electron chi connectivity index (χ3n) is 5.80. The van der Waals surface area contributed by atoms with Gasteiger partial charge in [-0.2, -0.15) is 0 Å². The molecule has 0 saturated heterocycles. The van der Waals surface area contributed by atoms with Crippen LogP contribution in [-0.2, 0) is 16.1 Å². The van der Waals surface area contributed by atoms with Crippen LogP contribution in [-0.4, -0.2) is 52.1 Å². The molecule has 0 spiro atoms. The van der Waals surface area contributed by atoms with Crippen molar-refractivity contribution in [1.29, 1.82) is 0 Å². The molecule has 3 rings (SSSR count). The van der Waals surface area contributed by atoms with Gasteiger partial charge in [0, 0.05) is 25.6 Å². The number of imide groups is 1. The number of halogens is 2. The molecule has 9 heteroatoms. The molecule has 2 aromatic carbocycles. The van der Waals surface area contributed by atoms with E-state index in [0.29, 0.717) is 27.6 Å². The van der Waals surface area contributed by atoms with Crippen LogP contribution in [0.15, 0.2) is 42.5 Å². The highest BCUT2D eigenvalue weighted by molar-refractivity contribution is 6.42. The molecule has 0 aromatic heterocycles. The summed E-state index contributed by atoms with van der Waals surface area (Å²) in [6, 6.07) is 11.0. The van der Waals surface area contributed by atoms with Crippen molar-refractivity contribution in [2.45, 2.75) is 58.7 Å². The van der Waals surface area contributed by atoms with Crippen molar-refractivity contribution in [2.75, 3.05) is 6.54 Å². The van der Waals surface area contributed by atoms with E-state index in [9.17, 15) is 19.2 Å². The third kappa shape index (κ3) is 6.21. The maximum absolute atomic E-state index is 13.3. The number of carbonyl (C=O) groups is 4. The van der Waals surface area contributed by atoms with Crippen LogP contribution in [0.3, 0.4) is 0 Å². The van der Waals surface area contributed by atoms with Crippen LogP contribution >= 0.6 is 23.2 Å². The van der Waals surface area contributed by atoms with Crippen molar-refractivity contribution >= 4 is 46.8 Å². The van der Waals surface area contributed by atoms with Crippen LogP contribution in [0.2, 0.25) is 10.0 Å². The zero-order valence-electron chi connectivity index (χ0n) is 20.0. The van der Waals surface area contributed by atoms with Crippen LogP contribution in [0.25, 0.3) is 0 Å². The van der Waals surface area contributed by atoms with E-state index in [1.165, 1.54) is 9.80 Å². The van der Waals surface area contributed by atoms with Crippen molar-refractivity contribution in [1.82, 2.24) is 15.1 Å². The molecule has 1 unspecified atom stereocenters. The number of benzene rings is 2. The number of nitrogens with zero attached hydrogens (tertiary/aromatic N) is 2. The zero-order valence-corrected chi connectivity index (χ0v) is 21.5. The number of nitrogens with one attached hydrogen (secondary N) is 1. The summed E-state index contributed by atoms with van der Waals surface area (Å²) in [4.78, 5) is 54.1. The monoisotopic (exact) mass is 517 g/mol. The molecule has 35 heavy (non-hydrogen) atoms. The first kappa shape index (κ1) is 26.7. The first-order chi connectivity index (χ1) is 16.6. The summed E-state index contributed by atoms with van der Waals surface area (Å²) in [6.45, 7) is 5.86. The zero-order chi connectivity index (χ0) is 25.7. The molecule has 7 nitrogen and oxygen atoms in total. The summed E-state index contributed by atoms with van der Waals surface area (Å²) in [5.74, 6) is -1.20. The molecule has 1 heterocycles. The van der Waals surface area contributed by atoms with Gasteiger partial charge in [0.15, 0.2) is 0 Å². The summed E-state index contributed by atoms with van der Waals surface area (Å²) in [5, 5.41) is 3.64. The Kier molecular flexibility index (Phi) is 8.92. The van der Waals surface area contributed by atoms with E-state index in [0.717, 1.165) is 5.56 Å². The quantitative estimate of drug-likeness (QED) is 0.462. The molecule has 4 amide bonds. The Balaban J connectivity index is 1.73. The van der Waals surface area contributed by atoms with Crippen molar-refractivity contribution in [3.63, 3.8) is 0 Å². The molecule has 0 bridgehead atoms. The molecule has 1 aliphatic rings. The van der Waals surface area contributed by atoms with Gasteiger partial charge in [0.05, 0.1) is 21.2 Å². The first-order valence-corrected chi connectivity index (χ1v) is 12.4. The SMILES string of the molecule is CCC(C(=O)NC(C)C)N(Cc1ccc(Cl)c(Cl)c1)C(=O)CCCN1C(=O)c2ccccc2C1=O. The van der Waals surface area contributed by atoms with E-state index in [1.54, 1.807) is 42.5 Å². The van der Waals surface area contributed by atoms with Gasteiger partial charge in [0.2, 0.25) is 11.8 Å². The molecule has 1 N–H and O–H groups in total. The van der Waals surface area contributed by atoms with E-state index < -0.39 is 6.04 Å². The number of carbonyl (C=O) groups excluding carboxylic acids is 4. The van der Waals surface area contributed by atoms with Gasteiger partial charge in [-0.3, -0.25) is 24.1 Å². The molecule has 0 aliphatic carbocycles. The minimum Gasteiger partial charge on any atom is -0.352 e. The second kappa shape index (κ2) is 11.7. The summed E-state index contributed by atoms with van der Waals surface area (Å²) < 4.78 is 0. The second-order valence-electron chi connectivity index (χ2n) is 8.77. The lowest BCUT2D eigenvalue weighted by molar-refractivity contribution is -0.141. The van der Waals surface area contributed by atoms with Crippen LogP contribution in [0, 0.1) is 0 Å². The lowest BCUT2D eigenvalue weighted by Gasteiger charge is -2.31. The number of hydrogen-bond donors (Lipinski definition) is 1. The van der Waals surface area contributed by atoms with E-state index >= 15 is 0 Å². The molecule has 0 saturated carbocycles. The fraction of sp³-hybridized carbons (Fsp3) is 0.385. The minimum atomic E-state index is -0.682. The largest absolute Gasteiger partial charge is 0.352 e. The smallest absolute Gasteiger partial charge is 0.261 e. The standard InChI is InChI=1S/C26H29Cl2N3O4/c1-4-22(24(33)29-16(2)3)31(15-17-11-12-20(27)21(28)14-17)23(32)10-7-13-30-25(34)18-8-5-6-9-19(18)26(30)35/h5-6,8-9,11-12,14,16,22H,4,7,10,13,15H2,1-3H3,(H,29,33). The van der Waals surface area contributed by atoms with Gasteiger partial charge in [0.1, 0.15) is 6.04 Å². The van der Waals surface area contributed by atoms with Gasteiger partial charge < -0.3 is 10.2 Å². The van der Waals surface area contributed by atoms with Gasteiger partial charge in [-0.1, -0.05) is 48.3 Å². The molecule has 186 valence electrons. The molecule has 2 aromatic rings. The van der Waals surface area contributed by atoms with Crippen LogP contribution in [0.4, 0.5) is 0 Å². The van der Waals surface area contributed by atoms with Crippen molar-refractivity contribution in [3.8, 4) is 0 Å². The predicted octanol–water partition coefficient (Wildman–Crippen LogP) is 4.70. The molecule has 1 atom stereocenters. The van der Waals surface area contributed by atoms with Crippen LogP contribution < -0.4 is 5.32 Å². The summed E-state index contributed by atoms with van der Waals surface area (Å²) >= 11 is 12.2. The van der Waals surface area contributed by atoms with E-state index in [1.807, 2.05) is 20.8 Å². The lowest BCUT2D eigenvalue weighted by atomic mass is 10.1. The summed E-state index contributed by atoms with van der Waals surface area (Å²) in [7, 11) is 0.